The summed E-state index contributed by atoms with van der Waals surface area (Å²) in [6.07, 6.45) is 3.63. The van der Waals surface area contributed by atoms with Crippen LogP contribution in [0.4, 0.5) is 11.6 Å². The molecule has 3 aromatic heterocycles. The molecule has 204 valence electrons. The fourth-order valence-electron chi connectivity index (χ4n) is 5.55. The SMILES string of the molecule is Cc1cc2cc(n1)-c1cnn(C)c1OCCC[C@@H](C)Cn1c(nc3cc(N4CCN(C)CC4)ccc31)NC2=O. The third-order valence-electron chi connectivity index (χ3n) is 7.78. The number of nitrogens with one attached hydrogen (secondary N) is 1. The number of aromatic nitrogens is 5. The van der Waals surface area contributed by atoms with E-state index in [0.717, 1.165) is 67.9 Å². The number of carbonyl (C=O) groups excluding carboxylic acids is 1. The fraction of sp³-hybridized carbons (Fsp3) is 0.448. The molecule has 4 aromatic rings. The second-order valence-electron chi connectivity index (χ2n) is 10.9. The van der Waals surface area contributed by atoms with Gasteiger partial charge in [0.25, 0.3) is 5.91 Å². The van der Waals surface area contributed by atoms with Crippen LogP contribution in [0.1, 0.15) is 35.8 Å². The van der Waals surface area contributed by atoms with Crippen LogP contribution in [0, 0.1) is 12.8 Å². The molecule has 1 fully saturated rings. The molecule has 0 spiro atoms. The van der Waals surface area contributed by atoms with E-state index in [1.54, 1.807) is 23.0 Å². The van der Waals surface area contributed by atoms with Crippen molar-refractivity contribution in [2.45, 2.75) is 33.2 Å². The maximum Gasteiger partial charge on any atom is 0.258 e. The molecule has 5 heterocycles. The topological polar surface area (TPSA) is 93.3 Å². The van der Waals surface area contributed by atoms with Crippen LogP contribution in [0.5, 0.6) is 5.88 Å². The first kappa shape index (κ1) is 25.4. The highest BCUT2D eigenvalue weighted by molar-refractivity contribution is 6.05. The first-order valence-electron chi connectivity index (χ1n) is 13.7. The first-order valence-corrected chi connectivity index (χ1v) is 13.7. The van der Waals surface area contributed by atoms with Gasteiger partial charge in [-0.3, -0.25) is 15.1 Å². The third kappa shape index (κ3) is 5.08. The van der Waals surface area contributed by atoms with E-state index in [-0.39, 0.29) is 5.91 Å². The van der Waals surface area contributed by atoms with Crippen molar-refractivity contribution in [2.75, 3.05) is 50.1 Å². The minimum atomic E-state index is -0.216. The molecule has 2 aliphatic heterocycles. The van der Waals surface area contributed by atoms with Gasteiger partial charge in [-0.1, -0.05) is 6.92 Å². The number of pyridine rings is 1. The van der Waals surface area contributed by atoms with Gasteiger partial charge >= 0.3 is 0 Å². The number of piperazine rings is 1. The van der Waals surface area contributed by atoms with Crippen LogP contribution in [0.3, 0.4) is 0 Å². The van der Waals surface area contributed by atoms with E-state index in [2.05, 4.69) is 61.9 Å². The van der Waals surface area contributed by atoms with Gasteiger partial charge in [0.05, 0.1) is 35.1 Å². The third-order valence-corrected chi connectivity index (χ3v) is 7.78. The minimum absolute atomic E-state index is 0.216. The number of rotatable bonds is 1. The molecule has 6 rings (SSSR count). The lowest BCUT2D eigenvalue weighted by atomic mass is 10.1. The highest BCUT2D eigenvalue weighted by atomic mass is 16.5. The molecule has 0 unspecified atom stereocenters. The van der Waals surface area contributed by atoms with E-state index < -0.39 is 0 Å². The average Bonchev–Trinajstić information content (AvgIpc) is 3.45. The zero-order chi connectivity index (χ0) is 27.1. The normalized spacial score (nSPS) is 19.0. The maximum absolute atomic E-state index is 13.6. The highest BCUT2D eigenvalue weighted by Crippen LogP contribution is 2.31. The second-order valence-corrected chi connectivity index (χ2v) is 10.9. The molecule has 0 aliphatic carbocycles. The predicted molar refractivity (Wildman–Crippen MR) is 152 cm³/mol. The van der Waals surface area contributed by atoms with E-state index >= 15 is 0 Å². The van der Waals surface area contributed by atoms with Crippen LogP contribution in [0.15, 0.2) is 36.5 Å². The number of aryl methyl sites for hydroxylation is 2. The Bertz CT molecular complexity index is 1520. The number of imidazole rings is 1. The molecule has 1 saturated heterocycles. The molecule has 2 bridgehead atoms. The summed E-state index contributed by atoms with van der Waals surface area (Å²) in [4.78, 5) is 28.0. The molecular weight excluding hydrogens is 492 g/mol. The zero-order valence-electron chi connectivity index (χ0n) is 23.1. The molecule has 1 atom stereocenters. The van der Waals surface area contributed by atoms with Crippen LogP contribution in [0.25, 0.3) is 22.3 Å². The van der Waals surface area contributed by atoms with Crippen molar-refractivity contribution in [3.63, 3.8) is 0 Å². The van der Waals surface area contributed by atoms with Gasteiger partial charge < -0.3 is 19.1 Å². The standard InChI is InChI=1S/C29H36N8O2/c1-19-6-5-13-39-28-23(17-30-35(28)4)24-15-21(14-20(2)31-24)27(38)33-29-32-25-16-22(7-8-26(25)37(29)18-19)36-11-9-34(3)10-12-36/h7-8,14-17,19H,5-6,9-13,18H2,1-4H3,(H,32,33,38)/t19-/m1/s1. The Morgan fingerprint density at radius 2 is 1.87 bits per heavy atom. The fourth-order valence-corrected chi connectivity index (χ4v) is 5.55. The van der Waals surface area contributed by atoms with Crippen LogP contribution in [-0.4, -0.2) is 75.0 Å². The molecule has 1 aromatic carbocycles. The summed E-state index contributed by atoms with van der Waals surface area (Å²) in [5.41, 5.74) is 5.80. The Labute approximate surface area is 228 Å². The van der Waals surface area contributed by atoms with Gasteiger partial charge in [0.2, 0.25) is 11.8 Å². The van der Waals surface area contributed by atoms with Crippen molar-refractivity contribution in [3.8, 4) is 17.1 Å². The molecule has 0 saturated carbocycles. The number of fused-ring (bicyclic) bond motifs is 7. The predicted octanol–water partition coefficient (Wildman–Crippen LogP) is 3.95. The summed E-state index contributed by atoms with van der Waals surface area (Å²) in [5.74, 6) is 1.38. The molecular formula is C29H36N8O2. The first-order chi connectivity index (χ1) is 18.9. The highest BCUT2D eigenvalue weighted by Gasteiger charge is 2.22. The molecule has 10 heteroatoms. The van der Waals surface area contributed by atoms with Crippen molar-refractivity contribution in [1.82, 2.24) is 29.2 Å². The summed E-state index contributed by atoms with van der Waals surface area (Å²) in [6.45, 7) is 9.53. The van der Waals surface area contributed by atoms with Gasteiger partial charge in [-0.15, -0.1) is 0 Å². The van der Waals surface area contributed by atoms with E-state index in [0.29, 0.717) is 35.6 Å². The summed E-state index contributed by atoms with van der Waals surface area (Å²) in [6, 6.07) is 10.1. The lowest BCUT2D eigenvalue weighted by Gasteiger charge is -2.34. The molecule has 10 nitrogen and oxygen atoms in total. The van der Waals surface area contributed by atoms with Crippen molar-refractivity contribution in [1.29, 1.82) is 0 Å². The number of nitrogens with zero attached hydrogens (tertiary/aromatic N) is 7. The second kappa shape index (κ2) is 10.3. The zero-order valence-corrected chi connectivity index (χ0v) is 23.1. The van der Waals surface area contributed by atoms with Crippen molar-refractivity contribution in [3.05, 3.63) is 47.8 Å². The number of likely N-dealkylation sites (N-methyl/N-ethyl adjacent to an activating group) is 1. The molecule has 0 radical (unpaired) electrons. The number of hydrogen-bond acceptors (Lipinski definition) is 7. The number of carbonyl (C=O) groups is 1. The molecule has 2 aliphatic rings. The van der Waals surface area contributed by atoms with Crippen molar-refractivity contribution >= 4 is 28.6 Å². The number of amides is 1. The monoisotopic (exact) mass is 528 g/mol. The number of ether oxygens (including phenoxy) is 1. The number of hydrogen-bond donors (Lipinski definition) is 1. The van der Waals surface area contributed by atoms with Gasteiger partial charge in [-0.05, 0) is 63.1 Å². The average molecular weight is 529 g/mol. The van der Waals surface area contributed by atoms with Gasteiger partial charge in [0, 0.05) is 56.7 Å². The maximum atomic E-state index is 13.6. The minimum Gasteiger partial charge on any atom is -0.477 e. The van der Waals surface area contributed by atoms with Crippen molar-refractivity contribution < 1.29 is 9.53 Å². The number of benzene rings is 1. The van der Waals surface area contributed by atoms with E-state index in [1.807, 2.05) is 14.0 Å². The smallest absolute Gasteiger partial charge is 0.258 e. The lowest BCUT2D eigenvalue weighted by Crippen LogP contribution is -2.44. The number of anilines is 2. The van der Waals surface area contributed by atoms with Gasteiger partial charge in [0.15, 0.2) is 0 Å². The Balaban J connectivity index is 1.39. The van der Waals surface area contributed by atoms with E-state index in [9.17, 15) is 4.79 Å². The largest absolute Gasteiger partial charge is 0.477 e. The summed E-state index contributed by atoms with van der Waals surface area (Å²) < 4.78 is 10.1. The van der Waals surface area contributed by atoms with Gasteiger partial charge in [0.1, 0.15) is 0 Å². The summed E-state index contributed by atoms with van der Waals surface area (Å²) in [7, 11) is 4.02. The van der Waals surface area contributed by atoms with E-state index in [1.165, 1.54) is 5.69 Å². The molecule has 1 N–H and O–H groups in total. The van der Waals surface area contributed by atoms with Gasteiger partial charge in [-0.2, -0.15) is 5.10 Å². The molecule has 39 heavy (non-hydrogen) atoms. The Hall–Kier alpha value is -3.92. The quantitative estimate of drug-likeness (QED) is 0.400. The Morgan fingerprint density at radius 3 is 2.69 bits per heavy atom. The van der Waals surface area contributed by atoms with Gasteiger partial charge in [-0.25, -0.2) is 9.67 Å². The Kier molecular flexibility index (Phi) is 6.72. The summed E-state index contributed by atoms with van der Waals surface area (Å²) in [5, 5.41) is 7.51. The molecule has 1 amide bonds. The lowest BCUT2D eigenvalue weighted by molar-refractivity contribution is 0.102. The van der Waals surface area contributed by atoms with E-state index in [4.69, 9.17) is 9.72 Å². The van der Waals surface area contributed by atoms with Crippen LogP contribution < -0.4 is 15.0 Å². The summed E-state index contributed by atoms with van der Waals surface area (Å²) >= 11 is 0. The Morgan fingerprint density at radius 1 is 1.05 bits per heavy atom. The van der Waals surface area contributed by atoms with Crippen LogP contribution in [-0.2, 0) is 13.6 Å². The van der Waals surface area contributed by atoms with Crippen LogP contribution in [0.2, 0.25) is 0 Å². The van der Waals surface area contributed by atoms with Crippen molar-refractivity contribution in [2.24, 2.45) is 13.0 Å². The van der Waals surface area contributed by atoms with Crippen LogP contribution >= 0.6 is 0 Å².